The van der Waals surface area contributed by atoms with Crippen LogP contribution in [-0.4, -0.2) is 16.1 Å². The average Bonchev–Trinajstić information content (AvgIpc) is 2.51. The third-order valence-corrected chi connectivity index (χ3v) is 2.04. The second kappa shape index (κ2) is 4.96. The van der Waals surface area contributed by atoms with E-state index in [1.165, 1.54) is 5.69 Å². The van der Waals surface area contributed by atoms with E-state index in [9.17, 15) is 0 Å². The Labute approximate surface area is 85.8 Å². The number of imidazole rings is 1. The van der Waals surface area contributed by atoms with E-state index in [-0.39, 0.29) is 0 Å². The van der Waals surface area contributed by atoms with Crippen LogP contribution in [0.2, 0.25) is 0 Å². The maximum absolute atomic E-state index is 4.14. The molecule has 0 unspecified atom stereocenters. The first-order chi connectivity index (χ1) is 6.61. The van der Waals surface area contributed by atoms with Crippen LogP contribution in [0.4, 0.5) is 0 Å². The Morgan fingerprint density at radius 3 is 2.93 bits per heavy atom. The molecule has 0 bridgehead atoms. The lowest BCUT2D eigenvalue weighted by atomic mass is 10.3. The highest BCUT2D eigenvalue weighted by atomic mass is 15.1. The van der Waals surface area contributed by atoms with Crippen molar-refractivity contribution in [2.45, 2.75) is 33.4 Å². The van der Waals surface area contributed by atoms with Gasteiger partial charge in [0.2, 0.25) is 0 Å². The summed E-state index contributed by atoms with van der Waals surface area (Å²) in [6, 6.07) is 0.471. The van der Waals surface area contributed by atoms with Crippen LogP contribution in [0.25, 0.3) is 0 Å². The summed E-state index contributed by atoms with van der Waals surface area (Å²) in [6.45, 7) is 11.9. The molecular formula is C11H19N3. The zero-order chi connectivity index (χ0) is 10.6. The van der Waals surface area contributed by atoms with Gasteiger partial charge in [-0.15, -0.1) is 0 Å². The molecule has 0 aliphatic carbocycles. The Balaban J connectivity index is 2.50. The van der Waals surface area contributed by atoms with Crippen molar-refractivity contribution >= 4 is 0 Å². The summed E-state index contributed by atoms with van der Waals surface area (Å²) in [5.74, 6) is 0. The Hall–Kier alpha value is -1.09. The fourth-order valence-corrected chi connectivity index (χ4v) is 1.34. The van der Waals surface area contributed by atoms with Crippen molar-refractivity contribution < 1.29 is 0 Å². The van der Waals surface area contributed by atoms with Gasteiger partial charge in [0.15, 0.2) is 0 Å². The van der Waals surface area contributed by atoms with Gasteiger partial charge in [-0.2, -0.15) is 0 Å². The van der Waals surface area contributed by atoms with E-state index in [0.29, 0.717) is 6.04 Å². The molecule has 0 atom stereocenters. The molecule has 1 N–H and O–H groups in total. The molecule has 0 amide bonds. The number of nitrogens with one attached hydrogen (secondary N) is 1. The van der Waals surface area contributed by atoms with Crippen LogP contribution in [-0.2, 0) is 6.54 Å². The van der Waals surface area contributed by atoms with Gasteiger partial charge in [-0.05, 0) is 20.8 Å². The fourth-order valence-electron chi connectivity index (χ4n) is 1.34. The van der Waals surface area contributed by atoms with Crippen molar-refractivity contribution in [1.29, 1.82) is 0 Å². The Bertz CT molecular complexity index is 299. The van der Waals surface area contributed by atoms with E-state index in [4.69, 9.17) is 0 Å². The Morgan fingerprint density at radius 2 is 2.36 bits per heavy atom. The van der Waals surface area contributed by atoms with E-state index in [1.807, 2.05) is 19.4 Å². The van der Waals surface area contributed by atoms with Crippen LogP contribution in [0, 0.1) is 0 Å². The summed E-state index contributed by atoms with van der Waals surface area (Å²) >= 11 is 0. The van der Waals surface area contributed by atoms with Crippen LogP contribution in [0.5, 0.6) is 0 Å². The predicted octanol–water partition coefficient (Wildman–Crippen LogP) is 2.13. The van der Waals surface area contributed by atoms with Gasteiger partial charge in [-0.25, -0.2) is 4.98 Å². The van der Waals surface area contributed by atoms with Gasteiger partial charge in [-0.3, -0.25) is 0 Å². The largest absolute Gasteiger partial charge is 0.331 e. The van der Waals surface area contributed by atoms with Crippen molar-refractivity contribution in [3.63, 3.8) is 0 Å². The second-order valence-electron chi connectivity index (χ2n) is 3.95. The van der Waals surface area contributed by atoms with Gasteiger partial charge in [0.25, 0.3) is 0 Å². The summed E-state index contributed by atoms with van der Waals surface area (Å²) < 4.78 is 2.17. The smallest absolute Gasteiger partial charge is 0.0951 e. The maximum atomic E-state index is 4.14. The third-order valence-electron chi connectivity index (χ3n) is 2.04. The van der Waals surface area contributed by atoms with E-state index in [0.717, 1.165) is 18.7 Å². The van der Waals surface area contributed by atoms with Crippen LogP contribution in [0.15, 0.2) is 24.7 Å². The summed E-state index contributed by atoms with van der Waals surface area (Å²) in [6.07, 6.45) is 3.79. The molecule has 1 aromatic heterocycles. The first-order valence-corrected chi connectivity index (χ1v) is 4.97. The molecule has 0 aliphatic rings. The molecule has 14 heavy (non-hydrogen) atoms. The van der Waals surface area contributed by atoms with Crippen LogP contribution < -0.4 is 5.32 Å². The molecule has 0 aliphatic heterocycles. The number of rotatable bonds is 5. The molecule has 1 heterocycles. The highest BCUT2D eigenvalue weighted by molar-refractivity contribution is 5.00. The van der Waals surface area contributed by atoms with Gasteiger partial charge >= 0.3 is 0 Å². The third kappa shape index (κ3) is 3.00. The van der Waals surface area contributed by atoms with Crippen LogP contribution in [0.1, 0.15) is 32.5 Å². The molecule has 3 nitrogen and oxygen atoms in total. The fraction of sp³-hybridized carbons (Fsp3) is 0.545. The summed E-state index contributed by atoms with van der Waals surface area (Å²) in [5, 5.41) is 3.32. The summed E-state index contributed by atoms with van der Waals surface area (Å²) in [5.41, 5.74) is 2.38. The first-order valence-electron chi connectivity index (χ1n) is 4.97. The molecule has 0 saturated heterocycles. The van der Waals surface area contributed by atoms with Gasteiger partial charge < -0.3 is 9.88 Å². The van der Waals surface area contributed by atoms with Gasteiger partial charge in [0.1, 0.15) is 0 Å². The molecule has 0 aromatic carbocycles. The standard InChI is InChI=1S/C11H19N3/c1-9(2)5-12-6-11-7-13-8-14(11)10(3)4/h7-8,10,12H,1,5-6H2,2-4H3. The second-order valence-corrected chi connectivity index (χ2v) is 3.95. The lowest BCUT2D eigenvalue weighted by molar-refractivity contribution is 0.557. The van der Waals surface area contributed by atoms with Gasteiger partial charge in [-0.1, -0.05) is 12.2 Å². The zero-order valence-electron chi connectivity index (χ0n) is 9.25. The number of hydrogen-bond acceptors (Lipinski definition) is 2. The van der Waals surface area contributed by atoms with Crippen molar-refractivity contribution in [3.8, 4) is 0 Å². The first kappa shape index (κ1) is 11.0. The molecule has 1 aromatic rings. The van der Waals surface area contributed by atoms with Crippen molar-refractivity contribution in [3.05, 3.63) is 30.4 Å². The number of hydrogen-bond donors (Lipinski definition) is 1. The molecule has 78 valence electrons. The quantitative estimate of drug-likeness (QED) is 0.726. The van der Waals surface area contributed by atoms with Crippen molar-refractivity contribution in [2.75, 3.05) is 6.54 Å². The van der Waals surface area contributed by atoms with E-state index >= 15 is 0 Å². The SMILES string of the molecule is C=C(C)CNCc1cncn1C(C)C. The minimum atomic E-state index is 0.471. The van der Waals surface area contributed by atoms with Crippen molar-refractivity contribution in [1.82, 2.24) is 14.9 Å². The Morgan fingerprint density at radius 1 is 1.64 bits per heavy atom. The van der Waals surface area contributed by atoms with Crippen LogP contribution >= 0.6 is 0 Å². The van der Waals surface area contributed by atoms with E-state index in [2.05, 4.69) is 35.3 Å². The molecular weight excluding hydrogens is 174 g/mol. The minimum Gasteiger partial charge on any atom is -0.331 e. The predicted molar refractivity (Wildman–Crippen MR) is 59.1 cm³/mol. The van der Waals surface area contributed by atoms with Crippen LogP contribution in [0.3, 0.4) is 0 Å². The molecule has 0 fully saturated rings. The number of nitrogens with zero attached hydrogens (tertiary/aromatic N) is 2. The molecule has 0 radical (unpaired) electrons. The molecule has 0 spiro atoms. The Kier molecular flexibility index (Phi) is 3.89. The topological polar surface area (TPSA) is 29.9 Å². The van der Waals surface area contributed by atoms with E-state index in [1.54, 1.807) is 0 Å². The normalized spacial score (nSPS) is 10.9. The lowest BCUT2D eigenvalue weighted by Crippen LogP contribution is -2.18. The number of aromatic nitrogens is 2. The lowest BCUT2D eigenvalue weighted by Gasteiger charge is -2.12. The van der Waals surface area contributed by atoms with Crippen molar-refractivity contribution in [2.24, 2.45) is 0 Å². The molecule has 3 heteroatoms. The summed E-state index contributed by atoms with van der Waals surface area (Å²) in [4.78, 5) is 4.14. The zero-order valence-corrected chi connectivity index (χ0v) is 9.25. The molecule has 1 rings (SSSR count). The monoisotopic (exact) mass is 193 g/mol. The van der Waals surface area contributed by atoms with Gasteiger partial charge in [0.05, 0.1) is 12.0 Å². The van der Waals surface area contributed by atoms with E-state index < -0.39 is 0 Å². The maximum Gasteiger partial charge on any atom is 0.0951 e. The summed E-state index contributed by atoms with van der Waals surface area (Å²) in [7, 11) is 0. The minimum absolute atomic E-state index is 0.471. The highest BCUT2D eigenvalue weighted by Crippen LogP contribution is 2.08. The highest BCUT2D eigenvalue weighted by Gasteiger charge is 2.03. The average molecular weight is 193 g/mol. The molecule has 0 saturated carbocycles. The van der Waals surface area contributed by atoms with Gasteiger partial charge in [0, 0.05) is 25.3 Å².